The molecule has 0 aliphatic rings. The number of aliphatic hydroxyl groups excluding tert-OH is 1. The second-order valence-electron chi connectivity index (χ2n) is 2.34. The molecule has 5 nitrogen and oxygen atoms in total. The molecule has 0 heterocycles. The molecule has 0 saturated heterocycles. The van der Waals surface area contributed by atoms with Gasteiger partial charge in [0.25, 0.3) is 0 Å². The van der Waals surface area contributed by atoms with Gasteiger partial charge in [0.05, 0.1) is 6.10 Å². The maximum atomic E-state index is 10.1. The lowest BCUT2D eigenvalue weighted by Crippen LogP contribution is -2.37. The molecule has 0 aromatic carbocycles. The van der Waals surface area contributed by atoms with E-state index in [0.717, 1.165) is 0 Å². The number of nitrogens with two attached hydrogens (primary N) is 1. The van der Waals surface area contributed by atoms with Crippen LogP contribution >= 0.6 is 0 Å². The van der Waals surface area contributed by atoms with Crippen LogP contribution in [0.1, 0.15) is 6.92 Å². The van der Waals surface area contributed by atoms with Gasteiger partial charge in [-0.3, -0.25) is 0 Å². The monoisotopic (exact) mass is 161 g/mol. The van der Waals surface area contributed by atoms with E-state index in [1.807, 2.05) is 0 Å². The molecule has 0 aromatic rings. The number of amides is 2. The minimum absolute atomic E-state index is 0.358. The van der Waals surface area contributed by atoms with Crippen LogP contribution in [0.15, 0.2) is 0 Å². The third-order valence-corrected chi connectivity index (χ3v) is 1.04. The second kappa shape index (κ2) is 5.94. The third-order valence-electron chi connectivity index (χ3n) is 1.04. The summed E-state index contributed by atoms with van der Waals surface area (Å²) in [5.41, 5.74) is 4.81. The van der Waals surface area contributed by atoms with E-state index in [-0.39, 0.29) is 6.10 Å². The molecule has 0 saturated carbocycles. The van der Waals surface area contributed by atoms with Crippen molar-refractivity contribution in [3.05, 3.63) is 0 Å². The highest BCUT2D eigenvalue weighted by molar-refractivity contribution is 5.71. The van der Waals surface area contributed by atoms with Crippen LogP contribution < -0.4 is 16.4 Å². The van der Waals surface area contributed by atoms with Crippen molar-refractivity contribution in [3.63, 3.8) is 0 Å². The van der Waals surface area contributed by atoms with Gasteiger partial charge in [0.2, 0.25) is 0 Å². The van der Waals surface area contributed by atoms with Crippen molar-refractivity contribution in [3.8, 4) is 0 Å². The summed E-state index contributed by atoms with van der Waals surface area (Å²) >= 11 is 0. The number of aliphatic hydroxyl groups is 1. The number of carbonyl (C=O) groups is 1. The zero-order chi connectivity index (χ0) is 8.69. The standard InChI is InChI=1S/C6H15N3O2/c1-5(10)4-8-2-3-9-6(7)11/h5,8,10H,2-4H2,1H3,(H3,7,9,11)/t5-/m0/s1. The Morgan fingerprint density at radius 3 is 2.73 bits per heavy atom. The number of primary amides is 1. The maximum Gasteiger partial charge on any atom is 0.312 e. The third kappa shape index (κ3) is 9.19. The van der Waals surface area contributed by atoms with Gasteiger partial charge in [-0.05, 0) is 6.92 Å². The van der Waals surface area contributed by atoms with Gasteiger partial charge >= 0.3 is 6.03 Å². The lowest BCUT2D eigenvalue weighted by Gasteiger charge is -2.06. The summed E-state index contributed by atoms with van der Waals surface area (Å²) in [4.78, 5) is 10.1. The quantitative estimate of drug-likeness (QED) is 0.375. The molecule has 5 N–H and O–H groups in total. The first kappa shape index (κ1) is 10.2. The van der Waals surface area contributed by atoms with Gasteiger partial charge < -0.3 is 21.5 Å². The zero-order valence-electron chi connectivity index (χ0n) is 6.63. The Morgan fingerprint density at radius 2 is 2.27 bits per heavy atom. The summed E-state index contributed by atoms with van der Waals surface area (Å²) < 4.78 is 0. The molecule has 0 spiro atoms. The van der Waals surface area contributed by atoms with Gasteiger partial charge in [-0.1, -0.05) is 0 Å². The summed E-state index contributed by atoms with van der Waals surface area (Å²) in [7, 11) is 0. The zero-order valence-corrected chi connectivity index (χ0v) is 6.63. The van der Waals surface area contributed by atoms with E-state index < -0.39 is 6.03 Å². The van der Waals surface area contributed by atoms with Gasteiger partial charge in [-0.25, -0.2) is 4.79 Å². The molecule has 0 fully saturated rings. The molecule has 0 unspecified atom stereocenters. The first-order chi connectivity index (χ1) is 5.13. The number of nitrogens with one attached hydrogen (secondary N) is 2. The minimum atomic E-state index is -0.524. The van der Waals surface area contributed by atoms with Gasteiger partial charge in [-0.15, -0.1) is 0 Å². The Kier molecular flexibility index (Phi) is 5.50. The smallest absolute Gasteiger partial charge is 0.312 e. The summed E-state index contributed by atoms with van der Waals surface area (Å²) in [6, 6.07) is -0.524. The van der Waals surface area contributed by atoms with Crippen molar-refractivity contribution in [2.45, 2.75) is 13.0 Å². The van der Waals surface area contributed by atoms with E-state index in [1.165, 1.54) is 0 Å². The number of hydrogen-bond donors (Lipinski definition) is 4. The Balaban J connectivity index is 2.97. The van der Waals surface area contributed by atoms with E-state index in [0.29, 0.717) is 19.6 Å². The number of hydrogen-bond acceptors (Lipinski definition) is 3. The molecule has 1 atom stereocenters. The predicted molar refractivity (Wildman–Crippen MR) is 42.1 cm³/mol. The molecule has 0 bridgehead atoms. The van der Waals surface area contributed by atoms with E-state index in [2.05, 4.69) is 10.6 Å². The van der Waals surface area contributed by atoms with Crippen molar-refractivity contribution < 1.29 is 9.90 Å². The van der Waals surface area contributed by atoms with Gasteiger partial charge in [-0.2, -0.15) is 0 Å². The van der Waals surface area contributed by atoms with Crippen LogP contribution in [0.4, 0.5) is 4.79 Å². The summed E-state index contributed by atoms with van der Waals surface area (Å²) in [5.74, 6) is 0. The van der Waals surface area contributed by atoms with Crippen LogP contribution in [0.3, 0.4) is 0 Å². The van der Waals surface area contributed by atoms with Crippen LogP contribution in [-0.4, -0.2) is 36.9 Å². The van der Waals surface area contributed by atoms with Gasteiger partial charge in [0.15, 0.2) is 0 Å². The number of rotatable bonds is 5. The van der Waals surface area contributed by atoms with E-state index in [4.69, 9.17) is 10.8 Å². The van der Waals surface area contributed by atoms with Crippen molar-refractivity contribution in [1.82, 2.24) is 10.6 Å². The Labute approximate surface area is 66.0 Å². The van der Waals surface area contributed by atoms with Crippen molar-refractivity contribution in [1.29, 1.82) is 0 Å². The largest absolute Gasteiger partial charge is 0.392 e. The SMILES string of the molecule is C[C@H](O)CNCCNC(N)=O. The average molecular weight is 161 g/mol. The fourth-order valence-corrected chi connectivity index (χ4v) is 0.585. The predicted octanol–water partition coefficient (Wildman–Crippen LogP) is -1.37. The highest BCUT2D eigenvalue weighted by atomic mass is 16.3. The summed E-state index contributed by atoms with van der Waals surface area (Å²) in [6.45, 7) is 3.32. The summed E-state index contributed by atoms with van der Waals surface area (Å²) in [6.07, 6.45) is -0.358. The molecule has 0 radical (unpaired) electrons. The fraction of sp³-hybridized carbons (Fsp3) is 0.833. The molecule has 11 heavy (non-hydrogen) atoms. The number of urea groups is 1. The molecule has 0 rings (SSSR count). The molecule has 0 aromatic heterocycles. The number of carbonyl (C=O) groups excluding carboxylic acids is 1. The van der Waals surface area contributed by atoms with Gasteiger partial charge in [0, 0.05) is 19.6 Å². The molecular weight excluding hydrogens is 146 g/mol. The van der Waals surface area contributed by atoms with Crippen molar-refractivity contribution >= 4 is 6.03 Å². The minimum Gasteiger partial charge on any atom is -0.392 e. The molecule has 2 amide bonds. The van der Waals surface area contributed by atoms with Crippen LogP contribution in [0.2, 0.25) is 0 Å². The van der Waals surface area contributed by atoms with E-state index in [9.17, 15) is 4.79 Å². The van der Waals surface area contributed by atoms with E-state index >= 15 is 0 Å². The maximum absolute atomic E-state index is 10.1. The van der Waals surface area contributed by atoms with Gasteiger partial charge in [0.1, 0.15) is 0 Å². The molecular formula is C6H15N3O2. The Hall–Kier alpha value is -0.810. The molecule has 66 valence electrons. The topological polar surface area (TPSA) is 87.4 Å². The first-order valence-electron chi connectivity index (χ1n) is 3.55. The van der Waals surface area contributed by atoms with Crippen LogP contribution in [-0.2, 0) is 0 Å². The normalized spacial score (nSPS) is 12.5. The Morgan fingerprint density at radius 1 is 1.64 bits per heavy atom. The molecule has 5 heteroatoms. The fourth-order valence-electron chi connectivity index (χ4n) is 0.585. The Bertz CT molecular complexity index is 116. The lowest BCUT2D eigenvalue weighted by atomic mass is 10.4. The van der Waals surface area contributed by atoms with Crippen molar-refractivity contribution in [2.24, 2.45) is 5.73 Å². The van der Waals surface area contributed by atoms with Crippen LogP contribution in [0.5, 0.6) is 0 Å². The van der Waals surface area contributed by atoms with Crippen LogP contribution in [0.25, 0.3) is 0 Å². The lowest BCUT2D eigenvalue weighted by molar-refractivity contribution is 0.191. The average Bonchev–Trinajstić information content (AvgIpc) is 1.85. The highest BCUT2D eigenvalue weighted by Crippen LogP contribution is 1.72. The van der Waals surface area contributed by atoms with E-state index in [1.54, 1.807) is 6.92 Å². The second-order valence-corrected chi connectivity index (χ2v) is 2.34. The molecule has 0 aliphatic carbocycles. The summed E-state index contributed by atoms with van der Waals surface area (Å²) in [5, 5.41) is 14.1. The van der Waals surface area contributed by atoms with Crippen molar-refractivity contribution in [2.75, 3.05) is 19.6 Å². The first-order valence-corrected chi connectivity index (χ1v) is 3.55. The molecule has 0 aliphatic heterocycles. The van der Waals surface area contributed by atoms with Crippen LogP contribution in [0, 0.1) is 0 Å². The highest BCUT2D eigenvalue weighted by Gasteiger charge is 1.93.